The second kappa shape index (κ2) is 10.7. The predicted molar refractivity (Wildman–Crippen MR) is 71.7 cm³/mol. The van der Waals surface area contributed by atoms with Crippen molar-refractivity contribution >= 4 is 15.6 Å². The number of aromatic nitrogens is 2. The molecule has 0 aromatic carbocycles. The quantitative estimate of drug-likeness (QED) is 0.235. The van der Waals surface area contributed by atoms with Gasteiger partial charge in [0.25, 0.3) is 21.2 Å². The Hall–Kier alpha value is 0.820. The Morgan fingerprint density at radius 2 is 1.81 bits per heavy atom. The molecule has 1 fully saturated rings. The number of hydrogen-bond donors (Lipinski definition) is 4. The van der Waals surface area contributed by atoms with E-state index in [1.165, 1.54) is 0 Å². The molecule has 2 heterocycles. The van der Waals surface area contributed by atoms with Gasteiger partial charge in [-0.25, -0.2) is 9.11 Å². The summed E-state index contributed by atoms with van der Waals surface area (Å²) in [5.74, 6) is 0. The largest absolute Gasteiger partial charge is 1.00 e. The number of H-pyrrole nitrogens is 1. The Kier molecular flexibility index (Phi) is 11.1. The number of ether oxygens (including phenoxy) is 1. The van der Waals surface area contributed by atoms with Gasteiger partial charge in [0.15, 0.2) is 6.23 Å². The van der Waals surface area contributed by atoms with Crippen LogP contribution in [0.25, 0.3) is 0 Å². The first-order valence-electron chi connectivity index (χ1n) is 6.43. The second-order valence-electron chi connectivity index (χ2n) is 4.86. The first kappa shape index (κ1) is 27.8. The fourth-order valence-electron chi connectivity index (χ4n) is 2.04. The first-order chi connectivity index (χ1) is 11.4. The van der Waals surface area contributed by atoms with E-state index < -0.39 is 58.0 Å². The molecule has 0 bridgehead atoms. The van der Waals surface area contributed by atoms with Crippen LogP contribution in [-0.2, 0) is 22.7 Å². The molecule has 2 unspecified atom stereocenters. The molecule has 0 saturated carbocycles. The van der Waals surface area contributed by atoms with E-state index in [0.29, 0.717) is 0 Å². The number of aliphatic hydroxyl groups is 2. The number of phosphoric ester groups is 1. The number of hydrogen-bond acceptors (Lipinski definition) is 11. The molecular weight excluding hydrogens is 436 g/mol. The zero-order valence-corrected chi connectivity index (χ0v) is 19.8. The molecule has 1 aliphatic heterocycles. The van der Waals surface area contributed by atoms with Gasteiger partial charge in [0.05, 0.1) is 6.61 Å². The maximum absolute atomic E-state index is 11.7. The molecule has 6 atom stereocenters. The second-order valence-corrected chi connectivity index (χ2v) is 7.60. The predicted octanol–water partition coefficient (Wildman–Crippen LogP) is -9.87. The van der Waals surface area contributed by atoms with Crippen molar-refractivity contribution in [3.8, 4) is 0 Å². The van der Waals surface area contributed by atoms with E-state index in [-0.39, 0.29) is 59.1 Å². The van der Waals surface area contributed by atoms with Crippen LogP contribution >= 0.6 is 15.6 Å². The average molecular weight is 448 g/mol. The van der Waals surface area contributed by atoms with Gasteiger partial charge in [-0.1, -0.05) is 0 Å². The Morgan fingerprint density at radius 1 is 1.22 bits per heavy atom. The number of phosphoric acid groups is 2. The Labute approximate surface area is 194 Å². The molecule has 1 aliphatic rings. The molecule has 27 heavy (non-hydrogen) atoms. The maximum Gasteiger partial charge on any atom is 1.00 e. The van der Waals surface area contributed by atoms with Gasteiger partial charge in [0.2, 0.25) is 0 Å². The summed E-state index contributed by atoms with van der Waals surface area (Å²) in [6.45, 7) is -0.992. The molecule has 18 heteroatoms. The number of nitrogens with zero attached hydrogens (tertiary/aromatic N) is 1. The standard InChI is InChI=1S/C9H14N2O12P2.2Na/c12-5-1-2-11(9(15)10-5)8-7(14)6(13)4(22-8)3-21-25(19,20)23-24(16,17)18;;/h1-2,4,6-8,13-14H,3H2,(H,19,20)(H,10,12,15)(H2,16,17,18);;/q;2*+1/p-2/t4-,6-,7-,8+;;/m0../s1. The zero-order valence-electron chi connectivity index (χ0n) is 14.0. The van der Waals surface area contributed by atoms with E-state index in [2.05, 4.69) is 8.83 Å². The minimum atomic E-state index is -5.63. The van der Waals surface area contributed by atoms with Gasteiger partial charge in [0.1, 0.15) is 18.3 Å². The van der Waals surface area contributed by atoms with Crippen molar-refractivity contribution < 1.29 is 107 Å². The molecule has 0 amide bonds. The molecule has 1 aromatic heterocycles. The van der Waals surface area contributed by atoms with Crippen molar-refractivity contribution in [2.75, 3.05) is 6.61 Å². The van der Waals surface area contributed by atoms with Crippen LogP contribution in [0.4, 0.5) is 0 Å². The van der Waals surface area contributed by atoms with E-state index in [0.717, 1.165) is 16.8 Å². The van der Waals surface area contributed by atoms with Crippen LogP contribution in [0.2, 0.25) is 0 Å². The van der Waals surface area contributed by atoms with E-state index in [1.807, 2.05) is 4.98 Å². The van der Waals surface area contributed by atoms with Crippen LogP contribution in [0.1, 0.15) is 6.23 Å². The van der Waals surface area contributed by atoms with Gasteiger partial charge in [-0.05, 0) is 0 Å². The van der Waals surface area contributed by atoms with E-state index in [4.69, 9.17) is 9.63 Å². The average Bonchev–Trinajstić information content (AvgIpc) is 2.71. The van der Waals surface area contributed by atoms with E-state index in [9.17, 15) is 38.7 Å². The van der Waals surface area contributed by atoms with Crippen LogP contribution in [0, 0.1) is 0 Å². The van der Waals surface area contributed by atoms with Crippen molar-refractivity contribution in [2.45, 2.75) is 24.5 Å². The smallest absolute Gasteiger partial charge is 0.756 e. The number of nitrogens with one attached hydrogen (secondary N) is 1. The maximum atomic E-state index is 11.7. The van der Waals surface area contributed by atoms with Crippen molar-refractivity contribution in [1.82, 2.24) is 9.55 Å². The Bertz CT molecular complexity index is 839. The number of aromatic amines is 1. The summed E-state index contributed by atoms with van der Waals surface area (Å²) in [6, 6.07) is 0.945. The van der Waals surface area contributed by atoms with Gasteiger partial charge < -0.3 is 34.2 Å². The molecule has 0 spiro atoms. The van der Waals surface area contributed by atoms with Crippen LogP contribution < -0.4 is 80.2 Å². The molecule has 14 nitrogen and oxygen atoms in total. The van der Waals surface area contributed by atoms with Crippen LogP contribution in [0.3, 0.4) is 0 Å². The Morgan fingerprint density at radius 3 is 2.33 bits per heavy atom. The molecule has 1 saturated heterocycles. The monoisotopic (exact) mass is 448 g/mol. The first-order valence-corrected chi connectivity index (χ1v) is 9.39. The molecule has 142 valence electrons. The summed E-state index contributed by atoms with van der Waals surface area (Å²) < 4.78 is 34.9. The van der Waals surface area contributed by atoms with Crippen LogP contribution in [0.15, 0.2) is 21.9 Å². The summed E-state index contributed by atoms with van der Waals surface area (Å²) in [6.07, 6.45) is -5.44. The van der Waals surface area contributed by atoms with Crippen molar-refractivity contribution in [3.63, 3.8) is 0 Å². The number of rotatable bonds is 6. The minimum absolute atomic E-state index is 0. The summed E-state index contributed by atoms with van der Waals surface area (Å²) >= 11 is 0. The van der Waals surface area contributed by atoms with Gasteiger partial charge in [-0.2, -0.15) is 0 Å². The fourth-order valence-corrected chi connectivity index (χ4v) is 3.57. The normalized spacial score (nSPS) is 29.1. The molecule has 2 rings (SSSR count). The van der Waals surface area contributed by atoms with Crippen molar-refractivity contribution in [3.05, 3.63) is 33.1 Å². The molecule has 4 N–H and O–H groups in total. The molecule has 1 aromatic rings. The SMILES string of the molecule is O=c1ccn([C@@H]2O[C@@H](COP(=O)([O-])OP(=O)([O-])O)[C@H](O)[C@@H]2O)c(=O)[nH]1.[Na+].[Na+]. The van der Waals surface area contributed by atoms with Crippen LogP contribution in [0.5, 0.6) is 0 Å². The van der Waals surface area contributed by atoms with Crippen molar-refractivity contribution in [1.29, 1.82) is 0 Å². The van der Waals surface area contributed by atoms with Gasteiger partial charge in [-0.15, -0.1) is 0 Å². The third-order valence-electron chi connectivity index (χ3n) is 3.06. The molecular formula is C9H12N2Na2O12P2. The van der Waals surface area contributed by atoms with Gasteiger partial charge in [-0.3, -0.25) is 23.5 Å². The third-order valence-corrected chi connectivity index (χ3v) is 5.15. The molecule has 0 radical (unpaired) electrons. The Balaban J connectivity index is 0.00000338. The fraction of sp³-hybridized carbons (Fsp3) is 0.556. The van der Waals surface area contributed by atoms with Gasteiger partial charge in [0, 0.05) is 12.3 Å². The van der Waals surface area contributed by atoms with E-state index >= 15 is 0 Å². The summed E-state index contributed by atoms with van der Waals surface area (Å²) in [5.41, 5.74) is -1.68. The topological polar surface area (TPSA) is 223 Å². The summed E-state index contributed by atoms with van der Waals surface area (Å²) in [4.78, 5) is 54.4. The number of aliphatic hydroxyl groups excluding tert-OH is 2. The molecule has 0 aliphatic carbocycles. The summed E-state index contributed by atoms with van der Waals surface area (Å²) in [7, 11) is -11.1. The third kappa shape index (κ3) is 7.87. The minimum Gasteiger partial charge on any atom is -0.756 e. The van der Waals surface area contributed by atoms with E-state index in [1.54, 1.807) is 0 Å². The van der Waals surface area contributed by atoms with Gasteiger partial charge >= 0.3 is 64.8 Å². The summed E-state index contributed by atoms with van der Waals surface area (Å²) in [5, 5.41) is 19.7. The van der Waals surface area contributed by atoms with Crippen molar-refractivity contribution in [2.24, 2.45) is 0 Å². The van der Waals surface area contributed by atoms with Crippen LogP contribution in [-0.4, -0.2) is 49.6 Å². The zero-order chi connectivity index (χ0) is 19.0.